The van der Waals surface area contributed by atoms with Crippen LogP contribution in [-0.4, -0.2) is 79.2 Å². The molecule has 8 heteroatoms. The fourth-order valence-corrected chi connectivity index (χ4v) is 6.23. The highest BCUT2D eigenvalue weighted by Gasteiger charge is 2.14. The molecule has 0 unspecified atom stereocenters. The van der Waals surface area contributed by atoms with Crippen LogP contribution in [0.15, 0.2) is 24.3 Å². The van der Waals surface area contributed by atoms with Gasteiger partial charge in [0.05, 0.1) is 0 Å². The van der Waals surface area contributed by atoms with Gasteiger partial charge in [0, 0.05) is 31.7 Å². The van der Waals surface area contributed by atoms with Gasteiger partial charge in [-0.2, -0.15) is 0 Å². The van der Waals surface area contributed by atoms with Crippen molar-refractivity contribution >= 4 is 28.9 Å². The van der Waals surface area contributed by atoms with Gasteiger partial charge in [-0.25, -0.2) is 0 Å². The van der Waals surface area contributed by atoms with E-state index in [1.165, 1.54) is 63.1 Å². The zero-order chi connectivity index (χ0) is 36.0. The summed E-state index contributed by atoms with van der Waals surface area (Å²) in [7, 11) is 2.12. The molecule has 0 aliphatic rings. The second kappa shape index (κ2) is 37.5. The van der Waals surface area contributed by atoms with Crippen LogP contribution in [0.1, 0.15) is 168 Å². The van der Waals surface area contributed by atoms with Crippen LogP contribution in [-0.2, 0) is 19.1 Å². The fraction of sp³-hybridized carbons (Fsp3) is 0.829. The minimum atomic E-state index is -0.106. The van der Waals surface area contributed by atoms with Gasteiger partial charge >= 0.3 is 11.9 Å². The third-order valence-corrected chi connectivity index (χ3v) is 9.79. The molecular formula is C41H76N2O5S. The lowest BCUT2D eigenvalue weighted by Gasteiger charge is -2.22. The Morgan fingerprint density at radius 2 is 0.980 bits per heavy atom. The molecule has 0 saturated carbocycles. The van der Waals surface area contributed by atoms with Crippen molar-refractivity contribution < 1.29 is 23.9 Å². The van der Waals surface area contributed by atoms with Gasteiger partial charge in [-0.05, 0) is 77.9 Å². The number of esters is 2. The van der Waals surface area contributed by atoms with Crippen molar-refractivity contribution in [3.05, 3.63) is 24.3 Å². The highest BCUT2D eigenvalue weighted by molar-refractivity contribution is 8.13. The summed E-state index contributed by atoms with van der Waals surface area (Å²) >= 11 is 1.46. The third kappa shape index (κ3) is 34.4. The largest absolute Gasteiger partial charge is 0.461 e. The average Bonchev–Trinajstić information content (AvgIpc) is 3.10. The first-order valence-electron chi connectivity index (χ1n) is 20.2. The monoisotopic (exact) mass is 709 g/mol. The topological polar surface area (TPSA) is 76.1 Å². The number of thioether (sulfide) groups is 1. The van der Waals surface area contributed by atoms with Crippen molar-refractivity contribution in [2.24, 2.45) is 0 Å². The summed E-state index contributed by atoms with van der Waals surface area (Å²) in [6.07, 6.45) is 32.3. The summed E-state index contributed by atoms with van der Waals surface area (Å²) in [5, 5.41) is 0.203. The summed E-state index contributed by atoms with van der Waals surface area (Å²) < 4.78 is 10.7. The quantitative estimate of drug-likeness (QED) is 0.0368. The van der Waals surface area contributed by atoms with E-state index in [0.717, 1.165) is 115 Å². The van der Waals surface area contributed by atoms with E-state index in [4.69, 9.17) is 9.47 Å². The minimum Gasteiger partial charge on any atom is -0.461 e. The molecule has 49 heavy (non-hydrogen) atoms. The SMILES string of the molecule is CCCCCCC=CCOC(=O)CCCCCCCN(CCCCCCCC(=O)OCC=CCCCCCC)C(=O)SCCCN(C)CC. The van der Waals surface area contributed by atoms with E-state index in [-0.39, 0.29) is 17.2 Å². The molecule has 0 radical (unpaired) electrons. The van der Waals surface area contributed by atoms with Gasteiger partial charge in [-0.1, -0.05) is 134 Å². The first-order chi connectivity index (χ1) is 23.9. The normalized spacial score (nSPS) is 11.6. The number of carbonyl (C=O) groups is 3. The molecular weight excluding hydrogens is 633 g/mol. The molecule has 0 fully saturated rings. The molecule has 0 saturated heterocycles. The minimum absolute atomic E-state index is 0.106. The van der Waals surface area contributed by atoms with Gasteiger partial charge in [0.1, 0.15) is 13.2 Å². The van der Waals surface area contributed by atoms with Crippen LogP contribution >= 0.6 is 11.8 Å². The van der Waals surface area contributed by atoms with Crippen LogP contribution in [0, 0.1) is 0 Å². The summed E-state index contributed by atoms with van der Waals surface area (Å²) in [6.45, 7) is 11.0. The maximum Gasteiger partial charge on any atom is 0.306 e. The van der Waals surface area contributed by atoms with E-state index in [1.807, 2.05) is 12.2 Å². The van der Waals surface area contributed by atoms with Crippen molar-refractivity contribution in [3.8, 4) is 0 Å². The Balaban J connectivity index is 4.18. The number of hydrogen-bond donors (Lipinski definition) is 0. The van der Waals surface area contributed by atoms with E-state index in [2.05, 4.69) is 49.8 Å². The van der Waals surface area contributed by atoms with Crippen LogP contribution in [0.4, 0.5) is 4.79 Å². The van der Waals surface area contributed by atoms with Gasteiger partial charge in [0.25, 0.3) is 5.24 Å². The number of rotatable bonds is 35. The lowest BCUT2D eigenvalue weighted by atomic mass is 10.1. The first kappa shape index (κ1) is 47.2. The molecule has 0 rings (SSSR count). The summed E-state index contributed by atoms with van der Waals surface area (Å²) in [5.74, 6) is 0.645. The molecule has 0 bridgehead atoms. The predicted octanol–water partition coefficient (Wildman–Crippen LogP) is 11.3. The van der Waals surface area contributed by atoms with Crippen molar-refractivity contribution in [1.82, 2.24) is 9.80 Å². The Morgan fingerprint density at radius 1 is 0.531 bits per heavy atom. The Kier molecular flexibility index (Phi) is 36.1. The molecule has 0 spiro atoms. The van der Waals surface area contributed by atoms with Gasteiger partial charge < -0.3 is 19.3 Å². The van der Waals surface area contributed by atoms with E-state index in [0.29, 0.717) is 26.1 Å². The zero-order valence-electron chi connectivity index (χ0n) is 32.4. The molecule has 0 aliphatic carbocycles. The Hall–Kier alpha value is -1.80. The zero-order valence-corrected chi connectivity index (χ0v) is 33.2. The lowest BCUT2D eigenvalue weighted by molar-refractivity contribution is -0.143. The lowest BCUT2D eigenvalue weighted by Crippen LogP contribution is -2.30. The van der Waals surface area contributed by atoms with Crippen molar-refractivity contribution in [1.29, 1.82) is 0 Å². The predicted molar refractivity (Wildman–Crippen MR) is 210 cm³/mol. The maximum absolute atomic E-state index is 13.1. The number of unbranched alkanes of at least 4 members (excludes halogenated alkanes) is 16. The molecule has 7 nitrogen and oxygen atoms in total. The standard InChI is InChI=1S/C41H76N2O5S/c1-5-8-10-12-14-22-28-36-47-39(44)31-24-18-16-20-26-34-43(41(46)49-38-30-33-42(4)7-3)35-27-21-17-19-25-32-40(45)48-37-29-23-15-13-11-9-6-2/h22-23,28-29H,5-21,24-27,30-38H2,1-4H3. The van der Waals surface area contributed by atoms with Crippen molar-refractivity contribution in [3.63, 3.8) is 0 Å². The number of carbonyl (C=O) groups excluding carboxylic acids is 3. The Bertz CT molecular complexity index is 783. The van der Waals surface area contributed by atoms with Crippen LogP contribution in [0.25, 0.3) is 0 Å². The molecule has 0 heterocycles. The second-order valence-corrected chi connectivity index (χ2v) is 14.4. The number of allylic oxidation sites excluding steroid dienone is 2. The third-order valence-electron chi connectivity index (χ3n) is 8.79. The van der Waals surface area contributed by atoms with E-state index in [1.54, 1.807) is 0 Å². The smallest absolute Gasteiger partial charge is 0.306 e. The van der Waals surface area contributed by atoms with Crippen molar-refractivity contribution in [2.45, 2.75) is 168 Å². The molecule has 1 amide bonds. The van der Waals surface area contributed by atoms with Crippen LogP contribution in [0.5, 0.6) is 0 Å². The Labute approximate surface area is 306 Å². The highest BCUT2D eigenvalue weighted by atomic mass is 32.2. The molecule has 0 aliphatic heterocycles. The first-order valence-corrected chi connectivity index (χ1v) is 21.1. The van der Waals surface area contributed by atoms with Gasteiger partial charge in [-0.3, -0.25) is 14.4 Å². The molecule has 0 aromatic carbocycles. The van der Waals surface area contributed by atoms with E-state index >= 15 is 0 Å². The molecule has 0 aromatic heterocycles. The average molecular weight is 709 g/mol. The molecule has 0 atom stereocenters. The van der Waals surface area contributed by atoms with Gasteiger partial charge in [0.15, 0.2) is 0 Å². The van der Waals surface area contributed by atoms with Crippen LogP contribution < -0.4 is 0 Å². The van der Waals surface area contributed by atoms with Crippen LogP contribution in [0.2, 0.25) is 0 Å². The summed E-state index contributed by atoms with van der Waals surface area (Å²) in [6, 6.07) is 0. The van der Waals surface area contributed by atoms with Gasteiger partial charge in [-0.15, -0.1) is 0 Å². The fourth-order valence-electron chi connectivity index (χ4n) is 5.42. The van der Waals surface area contributed by atoms with Crippen molar-refractivity contribution in [2.75, 3.05) is 52.2 Å². The second-order valence-electron chi connectivity index (χ2n) is 13.4. The van der Waals surface area contributed by atoms with E-state index < -0.39 is 0 Å². The summed E-state index contributed by atoms with van der Waals surface area (Å²) in [4.78, 5) is 41.4. The maximum atomic E-state index is 13.1. The van der Waals surface area contributed by atoms with Gasteiger partial charge in [0.2, 0.25) is 0 Å². The number of nitrogens with zero attached hydrogens (tertiary/aromatic N) is 2. The molecule has 0 N–H and O–H groups in total. The summed E-state index contributed by atoms with van der Waals surface area (Å²) in [5.41, 5.74) is 0. The number of amides is 1. The van der Waals surface area contributed by atoms with Crippen LogP contribution in [0.3, 0.4) is 0 Å². The highest BCUT2D eigenvalue weighted by Crippen LogP contribution is 2.16. The Morgan fingerprint density at radius 3 is 1.45 bits per heavy atom. The molecule has 0 aromatic rings. The number of hydrogen-bond acceptors (Lipinski definition) is 7. The molecule has 286 valence electrons. The van der Waals surface area contributed by atoms with E-state index in [9.17, 15) is 14.4 Å². The number of ether oxygens (including phenoxy) is 2.